The fraction of sp³-hybridized carbons (Fsp3) is 0.316. The minimum Gasteiger partial charge on any atom is -0.503 e. The third kappa shape index (κ3) is 2.96. The summed E-state index contributed by atoms with van der Waals surface area (Å²) in [6.07, 6.45) is 1.21. The number of benzene rings is 1. The summed E-state index contributed by atoms with van der Waals surface area (Å²) in [6, 6.07) is 2.91. The number of aromatic nitrogens is 1. The van der Waals surface area contributed by atoms with Gasteiger partial charge in [0, 0.05) is 31.4 Å². The Balaban J connectivity index is 1.64. The van der Waals surface area contributed by atoms with E-state index in [4.69, 9.17) is 4.74 Å². The highest BCUT2D eigenvalue weighted by Crippen LogP contribution is 2.33. The van der Waals surface area contributed by atoms with Crippen molar-refractivity contribution in [2.75, 3.05) is 20.3 Å². The van der Waals surface area contributed by atoms with Crippen LogP contribution in [0.25, 0.3) is 0 Å². The van der Waals surface area contributed by atoms with Crippen LogP contribution in [0.4, 0.5) is 8.78 Å². The highest BCUT2D eigenvalue weighted by Gasteiger charge is 2.50. The second-order valence-electron chi connectivity index (χ2n) is 7.20. The molecular formula is C19H17F2N3O5. The van der Waals surface area contributed by atoms with Crippen LogP contribution in [0.5, 0.6) is 5.75 Å². The number of pyridine rings is 1. The average Bonchev–Trinajstić information content (AvgIpc) is 2.64. The third-order valence-electron chi connectivity index (χ3n) is 5.38. The summed E-state index contributed by atoms with van der Waals surface area (Å²) in [7, 11) is 1.57. The summed E-state index contributed by atoms with van der Waals surface area (Å²) < 4.78 is 33.3. The molecule has 1 aromatic heterocycles. The maximum atomic E-state index is 13.7. The SMILES string of the molecule is CN1C(=O)c2c(O)c(=O)c(C(=O)NCc3ccc(F)cc3F)cn2CC12COC2. The van der Waals surface area contributed by atoms with Gasteiger partial charge in [0.05, 0.1) is 19.8 Å². The van der Waals surface area contributed by atoms with Crippen molar-refractivity contribution >= 4 is 11.8 Å². The highest BCUT2D eigenvalue weighted by atomic mass is 19.1. The Kier molecular flexibility index (Phi) is 4.38. The Morgan fingerprint density at radius 1 is 1.31 bits per heavy atom. The van der Waals surface area contributed by atoms with E-state index in [0.29, 0.717) is 19.3 Å². The summed E-state index contributed by atoms with van der Waals surface area (Å²) in [4.78, 5) is 39.0. The first-order valence-electron chi connectivity index (χ1n) is 8.78. The monoisotopic (exact) mass is 405 g/mol. The van der Waals surface area contributed by atoms with Crippen molar-refractivity contribution in [3.8, 4) is 5.75 Å². The molecule has 29 heavy (non-hydrogen) atoms. The number of hydrogen-bond acceptors (Lipinski definition) is 5. The standard InChI is InChI=1S/C19H17F2N3O5/c1-23-18(28)14-16(26)15(25)12(6-24(14)7-19(23)8-29-9-19)17(27)22-5-10-2-3-11(20)4-13(10)21/h2-4,6,26H,5,7-9H2,1H3,(H,22,27). The lowest BCUT2D eigenvalue weighted by molar-refractivity contribution is -0.131. The number of hydrogen-bond donors (Lipinski definition) is 2. The molecule has 0 aliphatic carbocycles. The van der Waals surface area contributed by atoms with E-state index in [1.807, 2.05) is 0 Å². The molecule has 0 unspecified atom stereocenters. The molecule has 3 heterocycles. The van der Waals surface area contributed by atoms with Crippen LogP contribution in [0, 0.1) is 11.6 Å². The van der Waals surface area contributed by atoms with Crippen LogP contribution in [-0.2, 0) is 17.8 Å². The predicted molar refractivity (Wildman–Crippen MR) is 95.5 cm³/mol. The molecule has 2 aromatic rings. The molecule has 0 radical (unpaired) electrons. The maximum Gasteiger partial charge on any atom is 0.274 e. The molecule has 1 spiro atoms. The first-order chi connectivity index (χ1) is 13.7. The van der Waals surface area contributed by atoms with Gasteiger partial charge in [0.15, 0.2) is 11.4 Å². The van der Waals surface area contributed by atoms with Gasteiger partial charge in [-0.1, -0.05) is 6.07 Å². The van der Waals surface area contributed by atoms with Crippen molar-refractivity contribution in [1.82, 2.24) is 14.8 Å². The Morgan fingerprint density at radius 2 is 2.03 bits per heavy atom. The molecule has 152 valence electrons. The van der Waals surface area contributed by atoms with E-state index in [0.717, 1.165) is 6.07 Å². The van der Waals surface area contributed by atoms with Gasteiger partial charge in [-0.2, -0.15) is 0 Å². The lowest BCUT2D eigenvalue weighted by Gasteiger charge is -2.51. The van der Waals surface area contributed by atoms with Crippen LogP contribution >= 0.6 is 0 Å². The fourth-order valence-corrected chi connectivity index (χ4v) is 3.52. The van der Waals surface area contributed by atoms with Gasteiger partial charge < -0.3 is 24.6 Å². The normalized spacial score (nSPS) is 17.1. The van der Waals surface area contributed by atoms with Crippen molar-refractivity contribution in [2.24, 2.45) is 0 Å². The number of likely N-dealkylation sites (N-methyl/N-ethyl adjacent to an activating group) is 1. The van der Waals surface area contributed by atoms with E-state index < -0.39 is 40.2 Å². The van der Waals surface area contributed by atoms with Gasteiger partial charge in [0.2, 0.25) is 5.43 Å². The number of rotatable bonds is 3. The molecule has 1 fully saturated rings. The van der Waals surface area contributed by atoms with Gasteiger partial charge in [-0.25, -0.2) is 8.78 Å². The summed E-state index contributed by atoms with van der Waals surface area (Å²) >= 11 is 0. The molecule has 2 N–H and O–H groups in total. The number of nitrogens with zero attached hydrogens (tertiary/aromatic N) is 2. The molecule has 0 bridgehead atoms. The predicted octanol–water partition coefficient (Wildman–Crippen LogP) is 0.617. The first kappa shape index (κ1) is 19.1. The van der Waals surface area contributed by atoms with Crippen molar-refractivity contribution in [3.63, 3.8) is 0 Å². The molecular weight excluding hydrogens is 388 g/mol. The van der Waals surface area contributed by atoms with Crippen molar-refractivity contribution in [1.29, 1.82) is 0 Å². The Morgan fingerprint density at radius 3 is 2.66 bits per heavy atom. The summed E-state index contributed by atoms with van der Waals surface area (Å²) in [5.74, 6) is -3.81. The van der Waals surface area contributed by atoms with E-state index in [1.165, 1.54) is 21.7 Å². The quantitative estimate of drug-likeness (QED) is 0.780. The molecule has 10 heteroatoms. The number of fused-ring (bicyclic) bond motifs is 1. The molecule has 2 amide bonds. The van der Waals surface area contributed by atoms with Crippen LogP contribution in [0.15, 0.2) is 29.2 Å². The largest absolute Gasteiger partial charge is 0.503 e. The topological polar surface area (TPSA) is 101 Å². The Labute approximate surface area is 163 Å². The third-order valence-corrected chi connectivity index (χ3v) is 5.38. The van der Waals surface area contributed by atoms with Crippen LogP contribution in [0.2, 0.25) is 0 Å². The molecule has 1 aromatic carbocycles. The second-order valence-corrected chi connectivity index (χ2v) is 7.20. The van der Waals surface area contributed by atoms with Crippen LogP contribution in [-0.4, -0.2) is 52.2 Å². The van der Waals surface area contributed by atoms with E-state index in [1.54, 1.807) is 7.05 Å². The smallest absolute Gasteiger partial charge is 0.274 e. The van der Waals surface area contributed by atoms with Crippen LogP contribution < -0.4 is 10.7 Å². The summed E-state index contributed by atoms with van der Waals surface area (Å²) in [6.45, 7) is 0.553. The van der Waals surface area contributed by atoms with Gasteiger partial charge in [0.25, 0.3) is 11.8 Å². The lowest BCUT2D eigenvalue weighted by atomic mass is 9.91. The van der Waals surface area contributed by atoms with Crippen LogP contribution in [0.3, 0.4) is 0 Å². The van der Waals surface area contributed by atoms with Crippen molar-refractivity contribution in [3.05, 3.63) is 63.1 Å². The Bertz CT molecular complexity index is 1090. The first-order valence-corrected chi connectivity index (χ1v) is 8.78. The van der Waals surface area contributed by atoms with Crippen molar-refractivity contribution < 1.29 is 28.2 Å². The van der Waals surface area contributed by atoms with Crippen LogP contribution in [0.1, 0.15) is 26.4 Å². The van der Waals surface area contributed by atoms with E-state index in [2.05, 4.69) is 5.32 Å². The molecule has 2 aliphatic heterocycles. The zero-order valence-electron chi connectivity index (χ0n) is 15.4. The summed E-state index contributed by atoms with van der Waals surface area (Å²) in [5.41, 5.74) is -2.16. The van der Waals surface area contributed by atoms with E-state index in [-0.39, 0.29) is 29.9 Å². The number of carbonyl (C=O) groups is 2. The van der Waals surface area contributed by atoms with E-state index in [9.17, 15) is 28.3 Å². The average molecular weight is 405 g/mol. The van der Waals surface area contributed by atoms with Gasteiger partial charge >= 0.3 is 0 Å². The lowest BCUT2D eigenvalue weighted by Crippen LogP contribution is -2.67. The number of amides is 2. The zero-order chi connectivity index (χ0) is 20.9. The molecule has 0 saturated carbocycles. The number of halogens is 2. The number of aromatic hydroxyl groups is 1. The summed E-state index contributed by atoms with van der Waals surface area (Å²) in [5, 5.41) is 12.7. The Hall–Kier alpha value is -3.27. The van der Waals surface area contributed by atoms with Gasteiger partial charge in [0.1, 0.15) is 22.7 Å². The molecule has 8 nitrogen and oxygen atoms in total. The number of carbonyl (C=O) groups excluding carboxylic acids is 2. The molecule has 1 saturated heterocycles. The van der Waals surface area contributed by atoms with E-state index >= 15 is 0 Å². The molecule has 0 atom stereocenters. The maximum absolute atomic E-state index is 13.7. The van der Waals surface area contributed by atoms with Crippen molar-refractivity contribution in [2.45, 2.75) is 18.6 Å². The van der Waals surface area contributed by atoms with Gasteiger partial charge in [-0.3, -0.25) is 14.4 Å². The van der Waals surface area contributed by atoms with Gasteiger partial charge in [-0.05, 0) is 6.07 Å². The minimum atomic E-state index is -1.00. The second kappa shape index (κ2) is 6.66. The minimum absolute atomic E-state index is 0.0319. The highest BCUT2D eigenvalue weighted by molar-refractivity contribution is 5.99. The number of nitrogens with one attached hydrogen (secondary N) is 1. The molecule has 2 aliphatic rings. The van der Waals surface area contributed by atoms with Gasteiger partial charge in [-0.15, -0.1) is 0 Å². The zero-order valence-corrected chi connectivity index (χ0v) is 15.4. The fourth-order valence-electron chi connectivity index (χ4n) is 3.52. The molecule has 4 rings (SSSR count). The number of ether oxygens (including phenoxy) is 1.